The molecule has 3 aromatic rings. The minimum Gasteiger partial charge on any atom is -0.351 e. The summed E-state index contributed by atoms with van der Waals surface area (Å²) in [5.74, 6) is 0.710. The number of aromatic nitrogens is 4. The van der Waals surface area contributed by atoms with Gasteiger partial charge < -0.3 is 9.55 Å². The number of aromatic amines is 1. The number of nitrogens with zero attached hydrogens (tertiary/aromatic N) is 4. The van der Waals surface area contributed by atoms with Crippen molar-refractivity contribution in [2.45, 2.75) is 23.7 Å². The molecule has 1 aliphatic rings. The molecular weight excluding hydrogens is 390 g/mol. The summed E-state index contributed by atoms with van der Waals surface area (Å²) in [5.41, 5.74) is 0.593. The summed E-state index contributed by atoms with van der Waals surface area (Å²) in [6.45, 7) is 0.683. The molecule has 1 aromatic carbocycles. The van der Waals surface area contributed by atoms with Gasteiger partial charge in [-0.05, 0) is 31.0 Å². The van der Waals surface area contributed by atoms with E-state index in [4.69, 9.17) is 11.6 Å². The summed E-state index contributed by atoms with van der Waals surface area (Å²) in [6.07, 6.45) is 3.68. The number of benzene rings is 1. The molecule has 2 aromatic heterocycles. The molecule has 0 spiro atoms. The van der Waals surface area contributed by atoms with Crippen LogP contribution in [0, 0.1) is 0 Å². The van der Waals surface area contributed by atoms with Crippen molar-refractivity contribution in [1.82, 2.24) is 24.1 Å². The number of carbonyl (C=O) groups excluding carboxylic acids is 1. The van der Waals surface area contributed by atoms with Crippen LogP contribution in [0.3, 0.4) is 0 Å². The second-order valence-corrected chi connectivity index (χ2v) is 8.99. The smallest absolute Gasteiger partial charge is 0.245 e. The summed E-state index contributed by atoms with van der Waals surface area (Å²) in [7, 11) is -2.04. The lowest BCUT2D eigenvalue weighted by Crippen LogP contribution is -2.40. The van der Waals surface area contributed by atoms with Gasteiger partial charge in [0.2, 0.25) is 10.0 Å². The molecule has 0 amide bonds. The molecule has 27 heavy (non-hydrogen) atoms. The van der Waals surface area contributed by atoms with Gasteiger partial charge in [0.25, 0.3) is 0 Å². The van der Waals surface area contributed by atoms with Crippen molar-refractivity contribution in [2.24, 2.45) is 7.05 Å². The Morgan fingerprint density at radius 3 is 2.89 bits per heavy atom. The first-order chi connectivity index (χ1) is 12.9. The van der Waals surface area contributed by atoms with Gasteiger partial charge in [-0.25, -0.2) is 8.42 Å². The molecule has 0 saturated carbocycles. The first-order valence-corrected chi connectivity index (χ1v) is 10.3. The maximum atomic E-state index is 13.4. The Balaban J connectivity index is 1.77. The molecule has 1 saturated heterocycles. The maximum Gasteiger partial charge on any atom is 0.245 e. The highest BCUT2D eigenvalue weighted by Gasteiger charge is 2.35. The van der Waals surface area contributed by atoms with Crippen LogP contribution in [0.4, 0.5) is 0 Å². The Kier molecular flexibility index (Phi) is 4.53. The molecule has 0 bridgehead atoms. The molecular formula is C17H18ClN5O3S. The van der Waals surface area contributed by atoms with Gasteiger partial charge in [0.05, 0.1) is 5.69 Å². The second kappa shape index (κ2) is 6.74. The molecule has 1 fully saturated rings. The van der Waals surface area contributed by atoms with Crippen molar-refractivity contribution < 1.29 is 13.2 Å². The van der Waals surface area contributed by atoms with Crippen LogP contribution >= 0.6 is 11.6 Å². The first kappa shape index (κ1) is 18.1. The van der Waals surface area contributed by atoms with Gasteiger partial charge in [0.1, 0.15) is 17.0 Å². The van der Waals surface area contributed by atoms with E-state index < -0.39 is 10.0 Å². The first-order valence-electron chi connectivity index (χ1n) is 8.52. The van der Waals surface area contributed by atoms with Gasteiger partial charge in [-0.15, -0.1) is 10.2 Å². The number of hydrogen-bond acceptors (Lipinski definition) is 5. The summed E-state index contributed by atoms with van der Waals surface area (Å²) in [4.78, 5) is 14.4. The lowest BCUT2D eigenvalue weighted by molar-refractivity contribution is 0.111. The van der Waals surface area contributed by atoms with E-state index in [9.17, 15) is 13.2 Å². The van der Waals surface area contributed by atoms with E-state index in [1.54, 1.807) is 24.5 Å². The van der Waals surface area contributed by atoms with E-state index in [1.165, 1.54) is 4.31 Å². The standard InChI is InChI=1S/C17H18ClN5O3S/c1-22-10-19-21-17(22)11-3-2-6-23(8-11)27(25,26)16-13-7-12(18)4-5-14(13)20-15(16)9-24/h4-5,7,9-11,20H,2-3,6,8H2,1H3. The molecule has 1 unspecified atom stereocenters. The zero-order valence-corrected chi connectivity index (χ0v) is 16.2. The molecule has 4 rings (SSSR count). The van der Waals surface area contributed by atoms with Crippen molar-refractivity contribution in [2.75, 3.05) is 13.1 Å². The molecule has 3 heterocycles. The molecule has 0 radical (unpaired) electrons. The quantitative estimate of drug-likeness (QED) is 0.669. The van der Waals surface area contributed by atoms with E-state index in [2.05, 4.69) is 15.2 Å². The summed E-state index contributed by atoms with van der Waals surface area (Å²) < 4.78 is 30.1. The lowest BCUT2D eigenvalue weighted by Gasteiger charge is -2.31. The zero-order valence-electron chi connectivity index (χ0n) is 14.6. The second-order valence-electron chi connectivity index (χ2n) is 6.68. The Labute approximate surface area is 161 Å². The molecule has 1 atom stereocenters. The normalized spacial score (nSPS) is 18.8. The van der Waals surface area contributed by atoms with Crippen molar-refractivity contribution >= 4 is 38.8 Å². The number of hydrogen-bond donors (Lipinski definition) is 1. The highest BCUT2D eigenvalue weighted by molar-refractivity contribution is 7.89. The van der Waals surface area contributed by atoms with E-state index >= 15 is 0 Å². The fraction of sp³-hybridized carbons (Fsp3) is 0.353. The minimum absolute atomic E-state index is 0.0198. The van der Waals surface area contributed by atoms with Crippen LogP contribution in [0.1, 0.15) is 35.1 Å². The molecule has 142 valence electrons. The monoisotopic (exact) mass is 407 g/mol. The Morgan fingerprint density at radius 1 is 1.37 bits per heavy atom. The SMILES string of the molecule is Cn1cnnc1C1CCCN(S(=O)(=O)c2c(C=O)[nH]c3ccc(Cl)cc23)C1. The van der Waals surface area contributed by atoms with Gasteiger partial charge in [-0.2, -0.15) is 4.31 Å². The third kappa shape index (κ3) is 3.05. The van der Waals surface area contributed by atoms with Crippen molar-refractivity contribution in [3.05, 3.63) is 41.1 Å². The Bertz CT molecular complexity index is 1120. The number of H-pyrrole nitrogens is 1. The van der Waals surface area contributed by atoms with E-state index in [1.807, 2.05) is 11.6 Å². The molecule has 10 heteroatoms. The molecule has 1 N–H and O–H groups in total. The summed E-state index contributed by atoms with van der Waals surface area (Å²) in [6, 6.07) is 4.88. The van der Waals surface area contributed by atoms with Gasteiger partial charge in [0, 0.05) is 42.0 Å². The van der Waals surface area contributed by atoms with Gasteiger partial charge >= 0.3 is 0 Å². The fourth-order valence-corrected chi connectivity index (χ4v) is 5.68. The van der Waals surface area contributed by atoms with Gasteiger partial charge in [-0.3, -0.25) is 4.79 Å². The van der Waals surface area contributed by atoms with Crippen LogP contribution in [0.25, 0.3) is 10.9 Å². The number of rotatable bonds is 4. The number of aryl methyl sites for hydroxylation is 1. The number of nitrogens with one attached hydrogen (secondary N) is 1. The largest absolute Gasteiger partial charge is 0.351 e. The topological polar surface area (TPSA) is 101 Å². The van der Waals surface area contributed by atoms with Gasteiger partial charge in [-0.1, -0.05) is 11.6 Å². The summed E-state index contributed by atoms with van der Waals surface area (Å²) in [5, 5.41) is 8.85. The average molecular weight is 408 g/mol. The predicted octanol–water partition coefficient (Wildman–Crippen LogP) is 2.33. The highest BCUT2D eigenvalue weighted by Crippen LogP contribution is 2.34. The van der Waals surface area contributed by atoms with Crippen molar-refractivity contribution in [3.63, 3.8) is 0 Å². The minimum atomic E-state index is -3.89. The number of piperidine rings is 1. The zero-order chi connectivity index (χ0) is 19.2. The van der Waals surface area contributed by atoms with Crippen LogP contribution in [0.2, 0.25) is 5.02 Å². The Hall–Kier alpha value is -2.23. The van der Waals surface area contributed by atoms with Crippen LogP contribution < -0.4 is 0 Å². The van der Waals surface area contributed by atoms with E-state index in [0.717, 1.165) is 12.2 Å². The van der Waals surface area contributed by atoms with Crippen LogP contribution in [0.15, 0.2) is 29.4 Å². The number of halogens is 1. The highest BCUT2D eigenvalue weighted by atomic mass is 35.5. The summed E-state index contributed by atoms with van der Waals surface area (Å²) >= 11 is 6.06. The van der Waals surface area contributed by atoms with Crippen molar-refractivity contribution in [3.8, 4) is 0 Å². The number of sulfonamides is 1. The van der Waals surface area contributed by atoms with Crippen LogP contribution in [-0.4, -0.2) is 51.8 Å². The Morgan fingerprint density at radius 2 is 2.19 bits per heavy atom. The number of fused-ring (bicyclic) bond motifs is 1. The molecule has 0 aliphatic carbocycles. The van der Waals surface area contributed by atoms with Crippen LogP contribution in [-0.2, 0) is 17.1 Å². The third-order valence-corrected chi connectivity index (χ3v) is 7.15. The molecule has 8 nitrogen and oxygen atoms in total. The predicted molar refractivity (Wildman–Crippen MR) is 100 cm³/mol. The lowest BCUT2D eigenvalue weighted by atomic mass is 9.99. The molecule has 1 aliphatic heterocycles. The van der Waals surface area contributed by atoms with E-state index in [-0.39, 0.29) is 16.5 Å². The van der Waals surface area contributed by atoms with Crippen molar-refractivity contribution in [1.29, 1.82) is 0 Å². The average Bonchev–Trinajstić information content (AvgIpc) is 3.24. The number of aldehydes is 1. The fourth-order valence-electron chi connectivity index (χ4n) is 3.68. The number of carbonyl (C=O) groups is 1. The third-order valence-electron chi connectivity index (χ3n) is 4.95. The van der Waals surface area contributed by atoms with E-state index in [0.29, 0.717) is 41.7 Å². The van der Waals surface area contributed by atoms with Gasteiger partial charge in [0.15, 0.2) is 6.29 Å². The van der Waals surface area contributed by atoms with Crippen LogP contribution in [0.5, 0.6) is 0 Å². The maximum absolute atomic E-state index is 13.4.